The van der Waals surface area contributed by atoms with Gasteiger partial charge in [0.1, 0.15) is 11.9 Å². The van der Waals surface area contributed by atoms with Gasteiger partial charge in [0.25, 0.3) is 5.56 Å². The van der Waals surface area contributed by atoms with Crippen molar-refractivity contribution >= 4 is 5.82 Å². The van der Waals surface area contributed by atoms with Gasteiger partial charge >= 0.3 is 0 Å². The van der Waals surface area contributed by atoms with Crippen LogP contribution in [0.1, 0.15) is 36.1 Å². The highest BCUT2D eigenvalue weighted by atomic mass is 16.5. The van der Waals surface area contributed by atoms with Crippen molar-refractivity contribution in [2.24, 2.45) is 5.92 Å². The van der Waals surface area contributed by atoms with Gasteiger partial charge in [0.05, 0.1) is 24.0 Å². The monoisotopic (exact) mass is 323 g/mol. The van der Waals surface area contributed by atoms with Gasteiger partial charge in [-0.1, -0.05) is 31.5 Å². The number of nitriles is 1. The second kappa shape index (κ2) is 6.14. The summed E-state index contributed by atoms with van der Waals surface area (Å²) in [6, 6.07) is 9.69. The normalized spacial score (nSPS) is 16.7. The maximum Gasteiger partial charge on any atom is 0.262 e. The molecule has 0 fully saturated rings. The highest BCUT2D eigenvalue weighted by Crippen LogP contribution is 2.29. The number of nitrogen functional groups attached to an aromatic ring is 1. The zero-order chi connectivity index (χ0) is 17.4. The summed E-state index contributed by atoms with van der Waals surface area (Å²) in [7, 11) is 0. The summed E-state index contributed by atoms with van der Waals surface area (Å²) in [6.45, 7) is 6.33. The van der Waals surface area contributed by atoms with Gasteiger partial charge in [-0.25, -0.2) is 0 Å². The van der Waals surface area contributed by atoms with Crippen LogP contribution in [0.2, 0.25) is 0 Å². The van der Waals surface area contributed by atoms with Crippen LogP contribution in [0.4, 0.5) is 5.82 Å². The van der Waals surface area contributed by atoms with Crippen LogP contribution in [-0.4, -0.2) is 10.7 Å². The molecular weight excluding hydrogens is 302 g/mol. The topological polar surface area (TPSA) is 81.0 Å². The predicted molar refractivity (Wildman–Crippen MR) is 93.0 cm³/mol. The van der Waals surface area contributed by atoms with Gasteiger partial charge in [-0.2, -0.15) is 5.26 Å². The van der Waals surface area contributed by atoms with Crippen molar-refractivity contribution in [1.29, 1.82) is 5.26 Å². The van der Waals surface area contributed by atoms with E-state index in [4.69, 9.17) is 10.5 Å². The van der Waals surface area contributed by atoms with Gasteiger partial charge in [0.2, 0.25) is 0 Å². The fourth-order valence-electron chi connectivity index (χ4n) is 3.12. The highest BCUT2D eigenvalue weighted by Gasteiger charge is 2.29. The maximum absolute atomic E-state index is 13.0. The van der Waals surface area contributed by atoms with Gasteiger partial charge in [0, 0.05) is 12.0 Å². The molecule has 1 aromatic heterocycles. The van der Waals surface area contributed by atoms with Gasteiger partial charge in [-0.3, -0.25) is 9.36 Å². The molecule has 24 heavy (non-hydrogen) atoms. The number of aryl methyl sites for hydroxylation is 1. The van der Waals surface area contributed by atoms with Crippen LogP contribution >= 0.6 is 0 Å². The summed E-state index contributed by atoms with van der Waals surface area (Å²) < 4.78 is 7.25. The smallest absolute Gasteiger partial charge is 0.262 e. The number of hydrogen-bond acceptors (Lipinski definition) is 4. The molecule has 5 heteroatoms. The number of rotatable bonds is 2. The second-order valence-electron chi connectivity index (χ2n) is 6.60. The SMILES string of the molecule is Cc1ccc(-n2c(N)c(C#N)c3c(c2=O)COC(C(C)C)C3)cc1. The standard InChI is InChI=1S/C19H21N3O2/c1-11(2)17-8-14-15(9-20)18(21)22(19(23)16(14)10-24-17)13-6-4-12(3)5-7-13/h4-7,11,17H,8,10,21H2,1-3H3. The number of hydrogen-bond donors (Lipinski definition) is 1. The first-order chi connectivity index (χ1) is 11.4. The molecule has 124 valence electrons. The average Bonchev–Trinajstić information content (AvgIpc) is 2.56. The number of pyridine rings is 1. The lowest BCUT2D eigenvalue weighted by molar-refractivity contribution is -0.00117. The number of benzene rings is 1. The van der Waals surface area contributed by atoms with Crippen molar-refractivity contribution in [3.8, 4) is 11.8 Å². The Morgan fingerprint density at radius 3 is 2.54 bits per heavy atom. The van der Waals surface area contributed by atoms with E-state index in [-0.39, 0.29) is 24.1 Å². The first-order valence-corrected chi connectivity index (χ1v) is 8.09. The number of nitrogens with two attached hydrogens (primary N) is 1. The van der Waals surface area contributed by atoms with Gasteiger partial charge in [-0.05, 0) is 30.5 Å². The molecule has 1 atom stereocenters. The summed E-state index contributed by atoms with van der Waals surface area (Å²) in [5.74, 6) is 0.514. The molecular formula is C19H21N3O2. The molecule has 2 N–H and O–H groups in total. The Bertz CT molecular complexity index is 873. The molecule has 0 saturated heterocycles. The van der Waals surface area contributed by atoms with Gasteiger partial charge in [0.15, 0.2) is 0 Å². The maximum atomic E-state index is 13.0. The van der Waals surface area contributed by atoms with Crippen molar-refractivity contribution in [3.63, 3.8) is 0 Å². The molecule has 0 amide bonds. The predicted octanol–water partition coefficient (Wildman–Crippen LogP) is 2.70. The number of aromatic nitrogens is 1. The molecule has 0 aliphatic carbocycles. The Hall–Kier alpha value is -2.58. The lowest BCUT2D eigenvalue weighted by Crippen LogP contribution is -2.36. The summed E-state index contributed by atoms with van der Waals surface area (Å²) in [6.07, 6.45) is 0.544. The first-order valence-electron chi connectivity index (χ1n) is 8.09. The molecule has 1 aliphatic heterocycles. The molecule has 0 saturated carbocycles. The van der Waals surface area contributed by atoms with Crippen LogP contribution < -0.4 is 11.3 Å². The lowest BCUT2D eigenvalue weighted by atomic mass is 9.91. The quantitative estimate of drug-likeness (QED) is 0.921. The van der Waals surface area contributed by atoms with E-state index in [1.165, 1.54) is 4.57 Å². The number of nitrogens with zero attached hydrogens (tertiary/aromatic N) is 2. The van der Waals surface area contributed by atoms with Crippen LogP contribution in [-0.2, 0) is 17.8 Å². The minimum atomic E-state index is -0.201. The third-order valence-corrected chi connectivity index (χ3v) is 4.62. The van der Waals surface area contributed by atoms with E-state index in [9.17, 15) is 10.1 Å². The van der Waals surface area contributed by atoms with E-state index < -0.39 is 0 Å². The van der Waals surface area contributed by atoms with E-state index in [1.807, 2.05) is 31.2 Å². The van der Waals surface area contributed by atoms with Crippen molar-refractivity contribution in [1.82, 2.24) is 4.57 Å². The Kier molecular flexibility index (Phi) is 4.16. The summed E-state index contributed by atoms with van der Waals surface area (Å²) in [5, 5.41) is 9.62. The van der Waals surface area contributed by atoms with Gasteiger partial charge in [-0.15, -0.1) is 0 Å². The Balaban J connectivity index is 2.23. The van der Waals surface area contributed by atoms with E-state index in [1.54, 1.807) is 0 Å². The fraction of sp³-hybridized carbons (Fsp3) is 0.368. The summed E-state index contributed by atoms with van der Waals surface area (Å²) >= 11 is 0. The zero-order valence-electron chi connectivity index (χ0n) is 14.2. The molecule has 0 radical (unpaired) electrons. The van der Waals surface area contributed by atoms with Crippen LogP contribution in [0.3, 0.4) is 0 Å². The minimum absolute atomic E-state index is 0.00127. The molecule has 0 spiro atoms. The third kappa shape index (κ3) is 2.59. The molecule has 1 aromatic carbocycles. The zero-order valence-corrected chi connectivity index (χ0v) is 14.2. The average molecular weight is 323 g/mol. The van der Waals surface area contributed by atoms with E-state index >= 15 is 0 Å². The van der Waals surface area contributed by atoms with Crippen molar-refractivity contribution in [2.45, 2.75) is 39.9 Å². The van der Waals surface area contributed by atoms with Crippen molar-refractivity contribution < 1.29 is 4.74 Å². The van der Waals surface area contributed by atoms with Crippen LogP contribution in [0.5, 0.6) is 0 Å². The van der Waals surface area contributed by atoms with Crippen LogP contribution in [0, 0.1) is 24.2 Å². The number of fused-ring (bicyclic) bond motifs is 1. The largest absolute Gasteiger partial charge is 0.384 e. The number of anilines is 1. The Morgan fingerprint density at radius 1 is 1.29 bits per heavy atom. The van der Waals surface area contributed by atoms with Crippen molar-refractivity contribution in [2.75, 3.05) is 5.73 Å². The fourth-order valence-corrected chi connectivity index (χ4v) is 3.12. The highest BCUT2D eigenvalue weighted by molar-refractivity contribution is 5.60. The first kappa shape index (κ1) is 16.3. The Labute approximate surface area is 141 Å². The lowest BCUT2D eigenvalue weighted by Gasteiger charge is -2.29. The molecule has 1 aliphatic rings. The molecule has 2 heterocycles. The Morgan fingerprint density at radius 2 is 1.96 bits per heavy atom. The molecule has 0 bridgehead atoms. The second-order valence-corrected chi connectivity index (χ2v) is 6.60. The van der Waals surface area contributed by atoms with E-state index in [0.29, 0.717) is 29.2 Å². The molecule has 1 unspecified atom stereocenters. The molecule has 2 aromatic rings. The van der Waals surface area contributed by atoms with E-state index in [2.05, 4.69) is 19.9 Å². The van der Waals surface area contributed by atoms with Gasteiger partial charge < -0.3 is 10.5 Å². The number of ether oxygens (including phenoxy) is 1. The minimum Gasteiger partial charge on any atom is -0.384 e. The van der Waals surface area contributed by atoms with E-state index in [0.717, 1.165) is 11.1 Å². The summed E-state index contributed by atoms with van der Waals surface area (Å²) in [4.78, 5) is 13.0. The third-order valence-electron chi connectivity index (χ3n) is 4.62. The van der Waals surface area contributed by atoms with Crippen LogP contribution in [0.25, 0.3) is 5.69 Å². The molecule has 3 rings (SSSR count). The summed E-state index contributed by atoms with van der Waals surface area (Å²) in [5.41, 5.74) is 9.43. The van der Waals surface area contributed by atoms with Crippen LogP contribution in [0.15, 0.2) is 29.1 Å². The van der Waals surface area contributed by atoms with Crippen molar-refractivity contribution in [3.05, 3.63) is 56.9 Å². The molecule has 5 nitrogen and oxygen atoms in total.